The van der Waals surface area contributed by atoms with E-state index in [9.17, 15) is 15.2 Å². The molecule has 3 atom stereocenters. The number of rotatable bonds is 8. The van der Waals surface area contributed by atoms with Crippen LogP contribution in [0, 0.1) is 36.0 Å². The lowest BCUT2D eigenvalue weighted by Crippen LogP contribution is -2.44. The van der Waals surface area contributed by atoms with Crippen LogP contribution < -0.4 is 9.64 Å². The summed E-state index contributed by atoms with van der Waals surface area (Å²) < 4.78 is 12.0. The van der Waals surface area contributed by atoms with Gasteiger partial charge >= 0.3 is 5.97 Å². The lowest BCUT2D eigenvalue weighted by atomic mass is 9.85. The first kappa shape index (κ1) is 27.7. The minimum Gasteiger partial charge on any atom is -0.488 e. The maximum atomic E-state index is 11.8. The molecule has 2 bridgehead atoms. The first-order chi connectivity index (χ1) is 19.9. The summed E-state index contributed by atoms with van der Waals surface area (Å²) in [4.78, 5) is 21.4. The summed E-state index contributed by atoms with van der Waals surface area (Å²) in [7, 11) is 0. The number of piperidine rings is 1. The number of morpholine rings is 1. The monoisotopic (exact) mass is 572 g/mol. The van der Waals surface area contributed by atoms with Gasteiger partial charge in [0.05, 0.1) is 36.0 Å². The minimum atomic E-state index is -0.653. The fraction of sp³-hybridized carbons (Fsp3) is 0.469. The molecule has 1 aliphatic carbocycles. The van der Waals surface area contributed by atoms with Gasteiger partial charge in [0.25, 0.3) is 0 Å². The Morgan fingerprint density at radius 3 is 2.73 bits per heavy atom. The zero-order chi connectivity index (χ0) is 28.5. The number of benzene rings is 2. The van der Waals surface area contributed by atoms with E-state index >= 15 is 0 Å². The maximum absolute atomic E-state index is 11.8. The van der Waals surface area contributed by atoms with E-state index in [2.05, 4.69) is 47.2 Å². The third-order valence-corrected chi connectivity index (χ3v) is 9.60. The van der Waals surface area contributed by atoms with E-state index in [0.29, 0.717) is 5.56 Å². The minimum absolute atomic E-state index is 0.189. The number of hydrogen-bond donors (Lipinski definition) is 1. The predicted molar refractivity (Wildman–Crippen MR) is 158 cm³/mol. The molecule has 1 aromatic heterocycles. The van der Waals surface area contributed by atoms with E-state index in [0.717, 1.165) is 91.0 Å². The Hall–Kier alpha value is -3.45. The molecule has 41 heavy (non-hydrogen) atoms. The van der Waals surface area contributed by atoms with E-state index in [4.69, 9.17) is 14.5 Å². The number of anilines is 1. The zero-order valence-corrected chi connectivity index (χ0v) is 24.4. The number of thiazole rings is 1. The van der Waals surface area contributed by atoms with Crippen molar-refractivity contribution in [3.8, 4) is 23.1 Å². The van der Waals surface area contributed by atoms with Crippen molar-refractivity contribution in [2.24, 2.45) is 17.8 Å². The number of aliphatic carboxylic acids is 1. The second-order valence-electron chi connectivity index (χ2n) is 11.7. The molecule has 2 aromatic carbocycles. The molecule has 214 valence electrons. The Morgan fingerprint density at radius 1 is 1.20 bits per heavy atom. The first-order valence-electron chi connectivity index (χ1n) is 14.4. The van der Waals surface area contributed by atoms with E-state index in [1.165, 1.54) is 0 Å². The number of carbonyl (C=O) groups is 1. The number of carboxylic acids is 1. The van der Waals surface area contributed by atoms with Gasteiger partial charge in [0.2, 0.25) is 0 Å². The molecule has 0 radical (unpaired) electrons. The van der Waals surface area contributed by atoms with Crippen LogP contribution in [-0.2, 0) is 22.7 Å². The molecule has 3 aromatic rings. The number of ether oxygens (including phenoxy) is 2. The van der Waals surface area contributed by atoms with Crippen LogP contribution in [0.25, 0.3) is 11.3 Å². The van der Waals surface area contributed by atoms with Gasteiger partial charge in [0, 0.05) is 49.2 Å². The van der Waals surface area contributed by atoms with Crippen LogP contribution in [0.2, 0.25) is 0 Å². The van der Waals surface area contributed by atoms with Gasteiger partial charge in [-0.1, -0.05) is 23.8 Å². The summed E-state index contributed by atoms with van der Waals surface area (Å²) in [6.07, 6.45) is 2.18. The highest BCUT2D eigenvalue weighted by atomic mass is 32.1. The van der Waals surface area contributed by atoms with Crippen molar-refractivity contribution in [3.05, 3.63) is 64.0 Å². The van der Waals surface area contributed by atoms with E-state index < -0.39 is 5.97 Å². The van der Waals surface area contributed by atoms with Crippen molar-refractivity contribution in [2.75, 3.05) is 37.7 Å². The molecule has 2 aliphatic heterocycles. The summed E-state index contributed by atoms with van der Waals surface area (Å²) >= 11 is 1.60. The van der Waals surface area contributed by atoms with Gasteiger partial charge in [-0.15, -0.1) is 11.3 Å². The fourth-order valence-corrected chi connectivity index (χ4v) is 7.53. The molecule has 1 saturated carbocycles. The second-order valence-corrected chi connectivity index (χ2v) is 12.5. The maximum Gasteiger partial charge on any atom is 0.307 e. The van der Waals surface area contributed by atoms with Crippen LogP contribution in [0.5, 0.6) is 5.75 Å². The lowest BCUT2D eigenvalue weighted by Gasteiger charge is -2.35. The number of nitriles is 1. The predicted octanol–water partition coefficient (Wildman–Crippen LogP) is 5.34. The normalized spacial score (nSPS) is 24.3. The van der Waals surface area contributed by atoms with E-state index in [1.807, 2.05) is 24.3 Å². The highest BCUT2D eigenvalue weighted by Gasteiger charge is 2.46. The van der Waals surface area contributed by atoms with Gasteiger partial charge in [0.15, 0.2) is 5.13 Å². The molecule has 0 amide bonds. The third kappa shape index (κ3) is 5.96. The molecular formula is C32H36N4O4S. The van der Waals surface area contributed by atoms with Gasteiger partial charge in [-0.3, -0.25) is 9.69 Å². The second kappa shape index (κ2) is 11.8. The summed E-state index contributed by atoms with van der Waals surface area (Å²) in [5.41, 5.74) is 5.49. The van der Waals surface area contributed by atoms with Gasteiger partial charge < -0.3 is 19.5 Å². The van der Waals surface area contributed by atoms with Gasteiger partial charge in [0.1, 0.15) is 12.4 Å². The van der Waals surface area contributed by atoms with Crippen LogP contribution in [0.15, 0.2) is 41.8 Å². The smallest absolute Gasteiger partial charge is 0.307 e. The Bertz CT molecular complexity index is 1450. The Labute approximate surface area is 245 Å². The number of aryl methyl sites for hydroxylation is 1. The van der Waals surface area contributed by atoms with Crippen molar-refractivity contribution in [2.45, 2.75) is 45.9 Å². The van der Waals surface area contributed by atoms with Gasteiger partial charge in [-0.25, -0.2) is 4.98 Å². The summed E-state index contributed by atoms with van der Waals surface area (Å²) in [5.74, 6) is 0.231. The van der Waals surface area contributed by atoms with E-state index in [1.54, 1.807) is 11.3 Å². The highest BCUT2D eigenvalue weighted by molar-refractivity contribution is 7.14. The van der Waals surface area contributed by atoms with Crippen molar-refractivity contribution < 1.29 is 19.4 Å². The van der Waals surface area contributed by atoms with Crippen molar-refractivity contribution in [1.29, 1.82) is 5.26 Å². The van der Waals surface area contributed by atoms with E-state index in [-0.39, 0.29) is 30.5 Å². The number of hydrogen-bond acceptors (Lipinski definition) is 8. The molecule has 3 fully saturated rings. The van der Waals surface area contributed by atoms with Crippen LogP contribution in [-0.4, -0.2) is 59.8 Å². The molecule has 3 heterocycles. The Balaban J connectivity index is 1.16. The number of carboxylic acid groups (broad SMARTS) is 1. The molecule has 6 rings (SSSR count). The topological polar surface area (TPSA) is 98.9 Å². The van der Waals surface area contributed by atoms with Crippen LogP contribution >= 0.6 is 11.3 Å². The Morgan fingerprint density at radius 2 is 2.00 bits per heavy atom. The average molecular weight is 573 g/mol. The fourth-order valence-electron chi connectivity index (χ4n) is 6.68. The summed E-state index contributed by atoms with van der Waals surface area (Å²) in [6.45, 7) is 9.25. The molecule has 8 nitrogen and oxygen atoms in total. The lowest BCUT2D eigenvalue weighted by molar-refractivity contribution is -0.144. The third-order valence-electron chi connectivity index (χ3n) is 8.70. The quantitative estimate of drug-likeness (QED) is 0.386. The first-order valence-corrected chi connectivity index (χ1v) is 15.3. The van der Waals surface area contributed by atoms with Crippen molar-refractivity contribution >= 4 is 22.4 Å². The van der Waals surface area contributed by atoms with Gasteiger partial charge in [-0.2, -0.15) is 5.26 Å². The zero-order valence-electron chi connectivity index (χ0n) is 23.6. The van der Waals surface area contributed by atoms with Crippen molar-refractivity contribution in [1.82, 2.24) is 9.88 Å². The molecule has 0 spiro atoms. The number of fused-ring (bicyclic) bond motifs is 2. The standard InChI is InChI=1S/C32H36N4O4S/c1-20-3-8-29(40-18-25-5-4-22(12-26(25)13-33)15-35-9-10-39-21(2)14-35)27(11-20)28-19-41-32(34-28)36-16-23-6-7-24(17-36)30(23)31(37)38/h3-5,8,11-12,19,21,23-24,30H,6-7,9-10,14-18H2,1-2H3,(H,37,38)/t21-,23?,24?,30?/m1/s1. The molecule has 2 saturated heterocycles. The van der Waals surface area contributed by atoms with Gasteiger partial charge in [-0.05, 0) is 62.3 Å². The van der Waals surface area contributed by atoms with Crippen LogP contribution in [0.1, 0.15) is 42.0 Å². The Kier molecular flexibility index (Phi) is 7.98. The van der Waals surface area contributed by atoms with Crippen LogP contribution in [0.4, 0.5) is 5.13 Å². The largest absolute Gasteiger partial charge is 0.488 e. The molecular weight excluding hydrogens is 536 g/mol. The molecule has 1 N–H and O–H groups in total. The summed E-state index contributed by atoms with van der Waals surface area (Å²) in [5, 5.41) is 22.6. The molecule has 9 heteroatoms. The highest BCUT2D eigenvalue weighted by Crippen LogP contribution is 2.44. The van der Waals surface area contributed by atoms with Crippen molar-refractivity contribution in [3.63, 3.8) is 0 Å². The molecule has 2 unspecified atom stereocenters. The number of nitrogens with zero attached hydrogens (tertiary/aromatic N) is 4. The van der Waals surface area contributed by atoms with Crippen LogP contribution in [0.3, 0.4) is 0 Å². The summed E-state index contributed by atoms with van der Waals surface area (Å²) in [6, 6.07) is 14.5. The molecule has 3 aliphatic rings. The number of aromatic nitrogens is 1. The SMILES string of the molecule is Cc1ccc(OCc2ccc(CN3CCO[C@H](C)C3)cc2C#N)c(-c2csc(N3CC4CCC(C3)C4C(=O)O)n2)c1. The average Bonchev–Trinajstić information content (AvgIpc) is 3.55.